The van der Waals surface area contributed by atoms with Crippen LogP contribution in [0.2, 0.25) is 0 Å². The highest BCUT2D eigenvalue weighted by atomic mass is 16.5. The Balaban J connectivity index is 1.58. The van der Waals surface area contributed by atoms with Crippen molar-refractivity contribution in [3.63, 3.8) is 0 Å². The van der Waals surface area contributed by atoms with Gasteiger partial charge in [0.15, 0.2) is 0 Å². The smallest absolute Gasteiger partial charge is 0.255 e. The molecule has 0 unspecified atom stereocenters. The quantitative estimate of drug-likeness (QED) is 0.884. The van der Waals surface area contributed by atoms with Gasteiger partial charge in [-0.1, -0.05) is 44.2 Å². The Morgan fingerprint density at radius 1 is 1.04 bits per heavy atom. The Kier molecular flexibility index (Phi) is 6.53. The molecular weight excluding hydrogens is 302 g/mol. The van der Waals surface area contributed by atoms with E-state index in [2.05, 4.69) is 5.32 Å². The maximum Gasteiger partial charge on any atom is 0.255 e. The summed E-state index contributed by atoms with van der Waals surface area (Å²) < 4.78 is 11.5. The first-order chi connectivity index (χ1) is 11.8. The molecule has 24 heavy (non-hydrogen) atoms. The van der Waals surface area contributed by atoms with Crippen molar-refractivity contribution in [2.24, 2.45) is 0 Å². The van der Waals surface area contributed by atoms with Crippen molar-refractivity contribution in [2.45, 2.75) is 69.9 Å². The van der Waals surface area contributed by atoms with Gasteiger partial charge in [0, 0.05) is 12.6 Å². The molecule has 1 aromatic rings. The Hall–Kier alpha value is -1.55. The Morgan fingerprint density at radius 2 is 1.79 bits per heavy atom. The molecule has 1 saturated carbocycles. The number of amides is 1. The zero-order chi connectivity index (χ0) is 16.6. The molecule has 2 aliphatic rings. The van der Waals surface area contributed by atoms with Crippen LogP contribution in [0.5, 0.6) is 5.75 Å². The minimum Gasteiger partial charge on any atom is -0.490 e. The number of para-hydroxylation sites is 1. The zero-order valence-corrected chi connectivity index (χ0v) is 14.5. The molecule has 0 radical (unpaired) electrons. The molecule has 0 spiro atoms. The topological polar surface area (TPSA) is 47.6 Å². The van der Waals surface area contributed by atoms with Crippen LogP contribution in [0.15, 0.2) is 24.3 Å². The van der Waals surface area contributed by atoms with Crippen molar-refractivity contribution < 1.29 is 14.3 Å². The van der Waals surface area contributed by atoms with Crippen molar-refractivity contribution in [3.8, 4) is 5.75 Å². The summed E-state index contributed by atoms with van der Waals surface area (Å²) in [5, 5.41) is 3.22. The van der Waals surface area contributed by atoms with Gasteiger partial charge < -0.3 is 14.8 Å². The molecule has 1 heterocycles. The molecule has 1 aliphatic heterocycles. The molecule has 1 aliphatic carbocycles. The van der Waals surface area contributed by atoms with Crippen molar-refractivity contribution >= 4 is 5.91 Å². The van der Waals surface area contributed by atoms with Crippen molar-refractivity contribution in [1.29, 1.82) is 0 Å². The lowest BCUT2D eigenvalue weighted by Gasteiger charge is -2.22. The lowest BCUT2D eigenvalue weighted by Crippen LogP contribution is -2.35. The molecule has 1 N–H and O–H groups in total. The number of nitrogens with one attached hydrogen (secondary N) is 1. The standard InChI is InChI=1S/C20H29NO3/c22-20(21-16-9-4-2-1-3-5-10-16)18-12-6-7-13-19(18)24-15-17-11-8-14-23-17/h6-7,12-13,16-17H,1-5,8-11,14-15H2,(H,21,22)/t17-/m0/s1. The average Bonchev–Trinajstić information content (AvgIpc) is 3.09. The van der Waals surface area contributed by atoms with Crippen LogP contribution >= 0.6 is 0 Å². The second kappa shape index (κ2) is 9.07. The normalized spacial score (nSPS) is 22.6. The van der Waals surface area contributed by atoms with Crippen LogP contribution in [0.1, 0.15) is 68.1 Å². The highest BCUT2D eigenvalue weighted by Crippen LogP contribution is 2.22. The number of rotatable bonds is 5. The van der Waals surface area contributed by atoms with Crippen LogP contribution in [0.4, 0.5) is 0 Å². The summed E-state index contributed by atoms with van der Waals surface area (Å²) >= 11 is 0. The van der Waals surface area contributed by atoms with E-state index in [-0.39, 0.29) is 12.0 Å². The fourth-order valence-corrected chi connectivity index (χ4v) is 3.60. The highest BCUT2D eigenvalue weighted by molar-refractivity contribution is 5.97. The minimum absolute atomic E-state index is 0.0106. The summed E-state index contributed by atoms with van der Waals surface area (Å²) in [6.45, 7) is 1.34. The van der Waals surface area contributed by atoms with Crippen molar-refractivity contribution in [2.75, 3.05) is 13.2 Å². The first kappa shape index (κ1) is 17.3. The summed E-state index contributed by atoms with van der Waals surface area (Å²) in [6, 6.07) is 7.83. The van der Waals surface area contributed by atoms with Gasteiger partial charge in [-0.05, 0) is 37.8 Å². The Morgan fingerprint density at radius 3 is 2.54 bits per heavy atom. The molecule has 4 nitrogen and oxygen atoms in total. The van der Waals surface area contributed by atoms with Crippen LogP contribution in [-0.2, 0) is 4.74 Å². The van der Waals surface area contributed by atoms with E-state index in [0.29, 0.717) is 24.0 Å². The number of hydrogen-bond acceptors (Lipinski definition) is 3. The van der Waals surface area contributed by atoms with Gasteiger partial charge in [-0.2, -0.15) is 0 Å². The predicted molar refractivity (Wildman–Crippen MR) is 94.5 cm³/mol. The second-order valence-corrected chi connectivity index (χ2v) is 6.96. The van der Waals surface area contributed by atoms with Crippen molar-refractivity contribution in [3.05, 3.63) is 29.8 Å². The van der Waals surface area contributed by atoms with Crippen LogP contribution < -0.4 is 10.1 Å². The first-order valence-electron chi connectivity index (χ1n) is 9.47. The molecule has 132 valence electrons. The molecule has 3 rings (SSSR count). The molecule has 0 aromatic heterocycles. The molecule has 1 aromatic carbocycles. The van der Waals surface area contributed by atoms with Gasteiger partial charge in [0.2, 0.25) is 0 Å². The monoisotopic (exact) mass is 331 g/mol. The molecule has 1 atom stereocenters. The van der Waals surface area contributed by atoms with Crippen LogP contribution in [0.3, 0.4) is 0 Å². The third-order valence-corrected chi connectivity index (χ3v) is 5.02. The van der Waals surface area contributed by atoms with Gasteiger partial charge in [-0.25, -0.2) is 0 Å². The minimum atomic E-state index is -0.0106. The van der Waals surface area contributed by atoms with Gasteiger partial charge in [0.25, 0.3) is 5.91 Å². The fourth-order valence-electron chi connectivity index (χ4n) is 3.60. The second-order valence-electron chi connectivity index (χ2n) is 6.96. The van der Waals surface area contributed by atoms with Crippen LogP contribution in [0.25, 0.3) is 0 Å². The van der Waals surface area contributed by atoms with E-state index in [1.807, 2.05) is 24.3 Å². The predicted octanol–water partition coefficient (Wildman–Crippen LogP) is 4.09. The van der Waals surface area contributed by atoms with Gasteiger partial charge in [-0.15, -0.1) is 0 Å². The number of hydrogen-bond donors (Lipinski definition) is 1. The zero-order valence-electron chi connectivity index (χ0n) is 14.5. The van der Waals surface area contributed by atoms with E-state index in [0.717, 1.165) is 32.3 Å². The highest BCUT2D eigenvalue weighted by Gasteiger charge is 2.20. The van der Waals surface area contributed by atoms with Gasteiger partial charge in [0.05, 0.1) is 11.7 Å². The van der Waals surface area contributed by atoms with Gasteiger partial charge >= 0.3 is 0 Å². The van der Waals surface area contributed by atoms with E-state index in [1.54, 1.807) is 0 Å². The summed E-state index contributed by atoms with van der Waals surface area (Å²) in [7, 11) is 0. The van der Waals surface area contributed by atoms with E-state index < -0.39 is 0 Å². The Bertz CT molecular complexity index is 517. The summed E-state index contributed by atoms with van der Waals surface area (Å²) in [5.74, 6) is 0.653. The van der Waals surface area contributed by atoms with E-state index in [1.165, 1.54) is 32.1 Å². The fraction of sp³-hybridized carbons (Fsp3) is 0.650. The van der Waals surface area contributed by atoms with E-state index >= 15 is 0 Å². The molecule has 1 amide bonds. The maximum atomic E-state index is 12.7. The molecular formula is C20H29NO3. The van der Waals surface area contributed by atoms with Crippen LogP contribution in [0, 0.1) is 0 Å². The SMILES string of the molecule is O=C(NC1CCCCCCC1)c1ccccc1OC[C@@H]1CCCO1. The van der Waals surface area contributed by atoms with E-state index in [4.69, 9.17) is 9.47 Å². The molecule has 0 bridgehead atoms. The Labute approximate surface area is 144 Å². The first-order valence-corrected chi connectivity index (χ1v) is 9.47. The maximum absolute atomic E-state index is 12.7. The number of benzene rings is 1. The molecule has 4 heteroatoms. The van der Waals surface area contributed by atoms with Gasteiger partial charge in [0.1, 0.15) is 12.4 Å². The third-order valence-electron chi connectivity index (χ3n) is 5.02. The number of ether oxygens (including phenoxy) is 2. The summed E-state index contributed by atoms with van der Waals surface area (Å²) in [5.41, 5.74) is 0.637. The number of carbonyl (C=O) groups excluding carboxylic acids is 1. The van der Waals surface area contributed by atoms with Crippen molar-refractivity contribution in [1.82, 2.24) is 5.32 Å². The van der Waals surface area contributed by atoms with Crippen LogP contribution in [-0.4, -0.2) is 31.3 Å². The molecule has 2 fully saturated rings. The number of carbonyl (C=O) groups is 1. The van der Waals surface area contributed by atoms with E-state index in [9.17, 15) is 4.79 Å². The lowest BCUT2D eigenvalue weighted by molar-refractivity contribution is 0.0669. The lowest BCUT2D eigenvalue weighted by atomic mass is 9.96. The summed E-state index contributed by atoms with van der Waals surface area (Å²) in [6.07, 6.45) is 10.8. The third kappa shape index (κ3) is 4.97. The van der Waals surface area contributed by atoms with Gasteiger partial charge in [-0.3, -0.25) is 4.79 Å². The summed E-state index contributed by atoms with van der Waals surface area (Å²) in [4.78, 5) is 12.7. The largest absolute Gasteiger partial charge is 0.490 e. The molecule has 1 saturated heterocycles. The average molecular weight is 331 g/mol.